The van der Waals surface area contributed by atoms with Crippen LogP contribution in [0, 0.1) is 11.7 Å². The van der Waals surface area contributed by atoms with E-state index in [-0.39, 0.29) is 17.2 Å². The van der Waals surface area contributed by atoms with Gasteiger partial charge in [0.1, 0.15) is 29.3 Å². The minimum atomic E-state index is -0.870. The lowest BCUT2D eigenvalue weighted by molar-refractivity contribution is -0.141. The number of ether oxygens (including phenoxy) is 2. The van der Waals surface area contributed by atoms with Crippen LogP contribution in [-0.4, -0.2) is 42.8 Å². The van der Waals surface area contributed by atoms with Gasteiger partial charge in [-0.1, -0.05) is 36.2 Å². The Hall–Kier alpha value is -3.43. The molecule has 38 heavy (non-hydrogen) atoms. The maximum absolute atomic E-state index is 13.8. The Balaban J connectivity index is 1.53. The van der Waals surface area contributed by atoms with E-state index in [9.17, 15) is 9.18 Å². The van der Waals surface area contributed by atoms with Crippen molar-refractivity contribution in [2.75, 3.05) is 6.61 Å². The van der Waals surface area contributed by atoms with Gasteiger partial charge in [0, 0.05) is 5.56 Å². The molecule has 0 bridgehead atoms. The van der Waals surface area contributed by atoms with E-state index in [0.29, 0.717) is 52.2 Å². The first-order chi connectivity index (χ1) is 18.1. The zero-order chi connectivity index (χ0) is 27.0. The predicted octanol–water partition coefficient (Wildman–Crippen LogP) is 6.41. The van der Waals surface area contributed by atoms with Crippen molar-refractivity contribution < 1.29 is 23.8 Å². The Kier molecular flexibility index (Phi) is 7.15. The monoisotopic (exact) mass is 558 g/mol. The highest BCUT2D eigenvalue weighted by Gasteiger charge is 2.41. The van der Waals surface area contributed by atoms with Gasteiger partial charge < -0.3 is 19.1 Å². The number of carboxylic acids is 1. The minimum absolute atomic E-state index is 0.0190. The number of halogens is 3. The molecular formula is C27H25Cl2FN4O4. The van der Waals surface area contributed by atoms with Crippen LogP contribution in [0.15, 0.2) is 42.7 Å². The quantitative estimate of drug-likeness (QED) is 0.240. The van der Waals surface area contributed by atoms with Crippen molar-refractivity contribution in [2.45, 2.75) is 45.3 Å². The number of aliphatic carboxylic acids is 1. The van der Waals surface area contributed by atoms with Gasteiger partial charge in [0.15, 0.2) is 11.2 Å². The number of benzene rings is 2. The molecule has 1 saturated carbocycles. The van der Waals surface area contributed by atoms with Crippen LogP contribution in [0.4, 0.5) is 4.39 Å². The number of aromatic nitrogens is 4. The summed E-state index contributed by atoms with van der Waals surface area (Å²) < 4.78 is 27.5. The van der Waals surface area contributed by atoms with Crippen LogP contribution >= 0.6 is 23.2 Å². The van der Waals surface area contributed by atoms with E-state index in [2.05, 4.69) is 9.97 Å². The van der Waals surface area contributed by atoms with E-state index in [1.807, 2.05) is 11.5 Å². The van der Waals surface area contributed by atoms with Gasteiger partial charge in [-0.2, -0.15) is 4.98 Å². The van der Waals surface area contributed by atoms with Crippen molar-refractivity contribution >= 4 is 40.3 Å². The second-order valence-corrected chi connectivity index (χ2v) is 10.5. The second-order valence-electron chi connectivity index (χ2n) is 9.69. The summed E-state index contributed by atoms with van der Waals surface area (Å²) in [5, 5.41) is 9.46. The minimum Gasteiger partial charge on any atom is -0.494 e. The van der Waals surface area contributed by atoms with Crippen molar-refractivity contribution in [3.63, 3.8) is 0 Å². The Morgan fingerprint density at radius 2 is 1.97 bits per heavy atom. The number of carbonyl (C=O) groups is 1. The highest BCUT2D eigenvalue weighted by Crippen LogP contribution is 2.41. The molecule has 198 valence electrons. The summed E-state index contributed by atoms with van der Waals surface area (Å²) in [5.74, 6) is -0.475. The number of nitrogens with zero attached hydrogens (tertiary/aromatic N) is 4. The molecule has 4 aromatic rings. The summed E-state index contributed by atoms with van der Waals surface area (Å²) in [4.78, 5) is 24.7. The topological polar surface area (TPSA) is 99.4 Å². The summed E-state index contributed by atoms with van der Waals surface area (Å²) >= 11 is 12.7. The van der Waals surface area contributed by atoms with E-state index < -0.39 is 17.7 Å². The van der Waals surface area contributed by atoms with Gasteiger partial charge in [0.05, 0.1) is 29.1 Å². The first-order valence-electron chi connectivity index (χ1n) is 12.1. The molecule has 2 aromatic carbocycles. The van der Waals surface area contributed by atoms with Crippen LogP contribution in [0.3, 0.4) is 0 Å². The summed E-state index contributed by atoms with van der Waals surface area (Å²) in [7, 11) is 0. The first kappa shape index (κ1) is 26.2. The van der Waals surface area contributed by atoms with Crippen LogP contribution in [0.25, 0.3) is 22.6 Å². The van der Waals surface area contributed by atoms with Crippen molar-refractivity contribution in [1.82, 2.24) is 19.5 Å². The van der Waals surface area contributed by atoms with Gasteiger partial charge in [-0.15, -0.1) is 0 Å². The zero-order valence-corrected chi connectivity index (χ0v) is 22.3. The molecule has 1 fully saturated rings. The van der Waals surface area contributed by atoms with Gasteiger partial charge in [-0.3, -0.25) is 4.79 Å². The molecule has 0 aliphatic heterocycles. The van der Waals surface area contributed by atoms with Crippen molar-refractivity contribution in [3.8, 4) is 23.0 Å². The number of hydrogen-bond acceptors (Lipinski definition) is 6. The normalized spacial score (nSPS) is 14.9. The molecule has 0 radical (unpaired) electrons. The lowest BCUT2D eigenvalue weighted by Gasteiger charge is -2.13. The summed E-state index contributed by atoms with van der Waals surface area (Å²) in [5.41, 5.74) is 2.12. The van der Waals surface area contributed by atoms with Crippen molar-refractivity contribution in [3.05, 3.63) is 64.2 Å². The third-order valence-corrected chi connectivity index (χ3v) is 7.15. The predicted molar refractivity (Wildman–Crippen MR) is 141 cm³/mol. The SMILES string of the molecule is CC(CCOc1ccc(-c2nc3c(OC4(C)CC4)ncnc3n2Cc2ccc(F)c(Cl)c2)c(Cl)c1)C(=O)O. The van der Waals surface area contributed by atoms with Gasteiger partial charge in [-0.05, 0) is 62.1 Å². The first-order valence-corrected chi connectivity index (χ1v) is 12.9. The number of carboxylic acid groups (broad SMARTS) is 1. The molecule has 0 saturated heterocycles. The van der Waals surface area contributed by atoms with Gasteiger partial charge in [-0.25, -0.2) is 14.4 Å². The van der Waals surface area contributed by atoms with Crippen LogP contribution in [-0.2, 0) is 11.3 Å². The smallest absolute Gasteiger partial charge is 0.306 e. The third kappa shape index (κ3) is 5.54. The van der Waals surface area contributed by atoms with E-state index in [1.165, 1.54) is 12.4 Å². The van der Waals surface area contributed by atoms with E-state index >= 15 is 0 Å². The molecule has 0 spiro atoms. The van der Waals surface area contributed by atoms with Crippen LogP contribution in [0.2, 0.25) is 10.0 Å². The fourth-order valence-corrected chi connectivity index (χ4v) is 4.38. The average Bonchev–Trinajstić information content (AvgIpc) is 3.49. The van der Waals surface area contributed by atoms with Crippen LogP contribution < -0.4 is 9.47 Å². The summed E-state index contributed by atoms with van der Waals surface area (Å²) in [6.07, 6.45) is 3.65. The second kappa shape index (κ2) is 10.4. The standard InChI is InChI=1S/C27H25Cl2FN4O4/c1-15(26(35)36)7-10-37-17-4-5-18(19(28)12-17)23-33-22-24(31-14-32-25(22)38-27(2)8-9-27)34(23)13-16-3-6-21(30)20(29)11-16/h3-6,11-12,14-15H,7-10,13H2,1-2H3,(H,35,36). The Morgan fingerprint density at radius 1 is 1.18 bits per heavy atom. The van der Waals surface area contributed by atoms with Crippen molar-refractivity contribution in [1.29, 1.82) is 0 Å². The molecule has 1 aliphatic rings. The maximum Gasteiger partial charge on any atom is 0.306 e. The lowest BCUT2D eigenvalue weighted by atomic mass is 10.1. The van der Waals surface area contributed by atoms with E-state index in [4.69, 9.17) is 42.8 Å². The number of rotatable bonds is 10. The average molecular weight is 559 g/mol. The molecular weight excluding hydrogens is 534 g/mol. The van der Waals surface area contributed by atoms with E-state index in [1.54, 1.807) is 37.3 Å². The molecule has 2 aromatic heterocycles. The number of fused-ring (bicyclic) bond motifs is 1. The molecule has 1 atom stereocenters. The molecule has 1 aliphatic carbocycles. The molecule has 0 amide bonds. The fraction of sp³-hybridized carbons (Fsp3) is 0.333. The van der Waals surface area contributed by atoms with Crippen molar-refractivity contribution in [2.24, 2.45) is 5.92 Å². The number of hydrogen-bond donors (Lipinski definition) is 1. The van der Waals surface area contributed by atoms with E-state index in [0.717, 1.165) is 18.4 Å². The number of imidazole rings is 1. The Morgan fingerprint density at radius 3 is 2.66 bits per heavy atom. The largest absolute Gasteiger partial charge is 0.494 e. The maximum atomic E-state index is 13.8. The molecule has 11 heteroatoms. The zero-order valence-electron chi connectivity index (χ0n) is 20.7. The molecule has 5 rings (SSSR count). The lowest BCUT2D eigenvalue weighted by Crippen LogP contribution is -2.13. The summed E-state index contributed by atoms with van der Waals surface area (Å²) in [6.45, 7) is 4.18. The van der Waals surface area contributed by atoms with Crippen LogP contribution in [0.1, 0.15) is 38.7 Å². The van der Waals surface area contributed by atoms with Crippen LogP contribution in [0.5, 0.6) is 11.6 Å². The highest BCUT2D eigenvalue weighted by molar-refractivity contribution is 6.33. The molecule has 1 unspecified atom stereocenters. The summed E-state index contributed by atoms with van der Waals surface area (Å²) in [6, 6.07) is 9.72. The molecule has 2 heterocycles. The third-order valence-electron chi connectivity index (χ3n) is 6.54. The Labute approximate surface area is 228 Å². The van der Waals surface area contributed by atoms with Gasteiger partial charge in [0.2, 0.25) is 5.88 Å². The molecule has 1 N–H and O–H groups in total. The fourth-order valence-electron chi connectivity index (χ4n) is 3.92. The molecule has 8 nitrogen and oxygen atoms in total. The Bertz CT molecular complexity index is 1520. The highest BCUT2D eigenvalue weighted by atomic mass is 35.5. The van der Waals surface area contributed by atoms with Gasteiger partial charge in [0.25, 0.3) is 0 Å². The van der Waals surface area contributed by atoms with Gasteiger partial charge >= 0.3 is 5.97 Å².